The Morgan fingerprint density at radius 2 is 1.53 bits per heavy atom. The molecule has 0 aliphatic rings. The maximum atomic E-state index is 12.6. The van der Waals surface area contributed by atoms with Crippen LogP contribution in [0.25, 0.3) is 0 Å². The number of alkyl halides is 6. The van der Waals surface area contributed by atoms with E-state index in [-0.39, 0.29) is 6.07 Å². The SMILES string of the molecule is COc1cc(C(=O)Cl)c(C(F)(F)F)cc1C(F)(F)F. The van der Waals surface area contributed by atoms with Crippen molar-refractivity contribution in [2.24, 2.45) is 0 Å². The highest BCUT2D eigenvalue weighted by Crippen LogP contribution is 2.42. The maximum Gasteiger partial charge on any atom is 0.419 e. The monoisotopic (exact) mass is 306 g/mol. The summed E-state index contributed by atoms with van der Waals surface area (Å²) in [4.78, 5) is 10.9. The number of ether oxygens (including phenoxy) is 1. The van der Waals surface area contributed by atoms with E-state index in [0.717, 1.165) is 7.11 Å². The zero-order valence-corrected chi connectivity index (χ0v) is 9.87. The molecule has 19 heavy (non-hydrogen) atoms. The van der Waals surface area contributed by atoms with Gasteiger partial charge in [-0.1, -0.05) is 0 Å². The van der Waals surface area contributed by atoms with Crippen LogP contribution in [-0.2, 0) is 12.4 Å². The molecule has 0 aromatic heterocycles. The normalized spacial score (nSPS) is 12.4. The molecule has 0 atom stereocenters. The first-order valence-corrected chi connectivity index (χ1v) is 4.92. The third kappa shape index (κ3) is 3.31. The molecule has 106 valence electrons. The van der Waals surface area contributed by atoms with Crippen molar-refractivity contribution in [3.8, 4) is 5.75 Å². The zero-order valence-electron chi connectivity index (χ0n) is 9.12. The highest BCUT2D eigenvalue weighted by Gasteiger charge is 2.41. The number of rotatable bonds is 2. The Morgan fingerprint density at radius 1 is 1.05 bits per heavy atom. The molecule has 2 nitrogen and oxygen atoms in total. The predicted molar refractivity (Wildman–Crippen MR) is 53.2 cm³/mol. The fourth-order valence-electron chi connectivity index (χ4n) is 1.37. The summed E-state index contributed by atoms with van der Waals surface area (Å²) >= 11 is 4.93. The number of benzene rings is 1. The van der Waals surface area contributed by atoms with Crippen molar-refractivity contribution in [3.05, 3.63) is 28.8 Å². The number of methoxy groups -OCH3 is 1. The van der Waals surface area contributed by atoms with E-state index in [1.165, 1.54) is 0 Å². The molecular weight excluding hydrogens is 302 g/mol. The van der Waals surface area contributed by atoms with Gasteiger partial charge in [0.1, 0.15) is 5.75 Å². The number of carbonyl (C=O) groups excluding carboxylic acids is 1. The Morgan fingerprint density at radius 3 is 1.84 bits per heavy atom. The smallest absolute Gasteiger partial charge is 0.419 e. The summed E-state index contributed by atoms with van der Waals surface area (Å²) in [6.45, 7) is 0. The molecule has 0 heterocycles. The number of carbonyl (C=O) groups is 1. The Labute approximate surface area is 107 Å². The standard InChI is InChI=1S/C10H5ClF6O2/c1-19-7-2-4(8(11)18)5(9(12,13)14)3-6(7)10(15,16)17/h2-3H,1H3. The van der Waals surface area contributed by atoms with E-state index in [2.05, 4.69) is 4.74 Å². The van der Waals surface area contributed by atoms with Crippen LogP contribution in [0, 0.1) is 0 Å². The van der Waals surface area contributed by atoms with Gasteiger partial charge in [0.2, 0.25) is 0 Å². The van der Waals surface area contributed by atoms with Crippen molar-refractivity contribution >= 4 is 16.8 Å². The van der Waals surface area contributed by atoms with Gasteiger partial charge < -0.3 is 4.74 Å². The Balaban J connectivity index is 3.67. The van der Waals surface area contributed by atoms with Crippen LogP contribution in [0.4, 0.5) is 26.3 Å². The highest BCUT2D eigenvalue weighted by atomic mass is 35.5. The lowest BCUT2D eigenvalue weighted by atomic mass is 10.0. The van der Waals surface area contributed by atoms with Crippen LogP contribution in [0.1, 0.15) is 21.5 Å². The zero-order chi connectivity index (χ0) is 15.0. The summed E-state index contributed by atoms with van der Waals surface area (Å²) in [5.41, 5.74) is -4.50. The number of hydrogen-bond acceptors (Lipinski definition) is 2. The number of hydrogen-bond donors (Lipinski definition) is 0. The molecule has 1 aromatic rings. The van der Waals surface area contributed by atoms with Crippen molar-refractivity contribution in [3.63, 3.8) is 0 Å². The topological polar surface area (TPSA) is 26.3 Å². The molecule has 1 aromatic carbocycles. The van der Waals surface area contributed by atoms with Gasteiger partial charge in [-0.25, -0.2) is 0 Å². The second-order valence-corrected chi connectivity index (χ2v) is 3.71. The van der Waals surface area contributed by atoms with Crippen molar-refractivity contribution in [1.29, 1.82) is 0 Å². The quantitative estimate of drug-likeness (QED) is 0.607. The molecule has 0 fully saturated rings. The van der Waals surface area contributed by atoms with E-state index < -0.39 is 40.0 Å². The van der Waals surface area contributed by atoms with E-state index in [9.17, 15) is 31.1 Å². The molecule has 0 spiro atoms. The third-order valence-electron chi connectivity index (χ3n) is 2.16. The van der Waals surface area contributed by atoms with Crippen LogP contribution < -0.4 is 4.74 Å². The van der Waals surface area contributed by atoms with Crippen molar-refractivity contribution in [2.45, 2.75) is 12.4 Å². The summed E-state index contributed by atoms with van der Waals surface area (Å²) in [7, 11) is 0.834. The summed E-state index contributed by atoms with van der Waals surface area (Å²) in [5.74, 6) is -0.913. The van der Waals surface area contributed by atoms with Gasteiger partial charge in [0, 0.05) is 5.56 Å². The van der Waals surface area contributed by atoms with Gasteiger partial charge in [0.15, 0.2) is 0 Å². The van der Waals surface area contributed by atoms with Crippen LogP contribution in [0.5, 0.6) is 5.75 Å². The maximum absolute atomic E-state index is 12.6. The molecule has 0 aliphatic heterocycles. The van der Waals surface area contributed by atoms with Crippen molar-refractivity contribution < 1.29 is 35.9 Å². The highest BCUT2D eigenvalue weighted by molar-refractivity contribution is 6.68. The van der Waals surface area contributed by atoms with E-state index in [1.54, 1.807) is 0 Å². The molecule has 0 radical (unpaired) electrons. The van der Waals surface area contributed by atoms with E-state index in [1.807, 2.05) is 0 Å². The van der Waals surface area contributed by atoms with Crippen LogP contribution in [0.2, 0.25) is 0 Å². The first-order valence-electron chi connectivity index (χ1n) is 4.54. The summed E-state index contributed by atoms with van der Waals surface area (Å²) in [5, 5.41) is -1.53. The predicted octanol–water partition coefficient (Wildman–Crippen LogP) is 4.11. The largest absolute Gasteiger partial charge is 0.496 e. The molecule has 9 heteroatoms. The third-order valence-corrected chi connectivity index (χ3v) is 2.37. The lowest BCUT2D eigenvalue weighted by Gasteiger charge is -2.17. The Kier molecular flexibility index (Phi) is 4.04. The Bertz CT molecular complexity index is 506. The molecule has 0 bridgehead atoms. The lowest BCUT2D eigenvalue weighted by molar-refractivity contribution is -0.143. The van der Waals surface area contributed by atoms with Gasteiger partial charge in [0.25, 0.3) is 5.24 Å². The fourth-order valence-corrected chi connectivity index (χ4v) is 1.52. The first kappa shape index (κ1) is 15.6. The van der Waals surface area contributed by atoms with Gasteiger partial charge >= 0.3 is 12.4 Å². The average Bonchev–Trinajstić information content (AvgIpc) is 2.24. The molecule has 0 amide bonds. The van der Waals surface area contributed by atoms with Gasteiger partial charge in [0.05, 0.1) is 18.2 Å². The molecule has 0 unspecified atom stereocenters. The second-order valence-electron chi connectivity index (χ2n) is 3.37. The molecule has 0 aliphatic carbocycles. The van der Waals surface area contributed by atoms with Crippen LogP contribution >= 0.6 is 11.6 Å². The van der Waals surface area contributed by atoms with Crippen molar-refractivity contribution in [1.82, 2.24) is 0 Å². The summed E-state index contributed by atoms with van der Waals surface area (Å²) in [6, 6.07) is 0.120. The molecule has 0 N–H and O–H groups in total. The fraction of sp³-hybridized carbons (Fsp3) is 0.300. The minimum Gasteiger partial charge on any atom is -0.496 e. The molecule has 0 saturated heterocycles. The van der Waals surface area contributed by atoms with Gasteiger partial charge in [-0.3, -0.25) is 4.79 Å². The van der Waals surface area contributed by atoms with Gasteiger partial charge in [-0.05, 0) is 23.7 Å². The minimum absolute atomic E-state index is 0.200. The van der Waals surface area contributed by atoms with E-state index in [4.69, 9.17) is 11.6 Å². The first-order chi connectivity index (χ1) is 8.48. The number of halogens is 7. The average molecular weight is 307 g/mol. The van der Waals surface area contributed by atoms with Crippen molar-refractivity contribution in [2.75, 3.05) is 7.11 Å². The summed E-state index contributed by atoms with van der Waals surface area (Å²) in [6.07, 6.45) is -10.2. The van der Waals surface area contributed by atoms with Gasteiger partial charge in [-0.15, -0.1) is 0 Å². The molecule has 1 rings (SSSR count). The van der Waals surface area contributed by atoms with Crippen LogP contribution in [0.15, 0.2) is 12.1 Å². The molecule has 0 saturated carbocycles. The summed E-state index contributed by atoms with van der Waals surface area (Å²) < 4.78 is 79.8. The van der Waals surface area contributed by atoms with Crippen LogP contribution in [0.3, 0.4) is 0 Å². The molecular formula is C10H5ClF6O2. The Hall–Kier alpha value is -1.44. The van der Waals surface area contributed by atoms with Gasteiger partial charge in [-0.2, -0.15) is 26.3 Å². The lowest BCUT2D eigenvalue weighted by Crippen LogP contribution is -2.16. The van der Waals surface area contributed by atoms with Crippen LogP contribution in [-0.4, -0.2) is 12.4 Å². The second kappa shape index (κ2) is 4.92. The van der Waals surface area contributed by atoms with E-state index in [0.29, 0.717) is 6.07 Å². The minimum atomic E-state index is -5.15. The van der Waals surface area contributed by atoms with E-state index >= 15 is 0 Å².